The molecule has 0 atom stereocenters. The van der Waals surface area contributed by atoms with Crippen LogP contribution in [-0.4, -0.2) is 34.1 Å². The Morgan fingerprint density at radius 3 is 2.47 bits per heavy atom. The van der Waals surface area contributed by atoms with Crippen molar-refractivity contribution in [1.82, 2.24) is 15.1 Å². The molecule has 5 nitrogen and oxygen atoms in total. The van der Waals surface area contributed by atoms with Gasteiger partial charge in [-0.1, -0.05) is 0 Å². The molecule has 1 amide bonds. The van der Waals surface area contributed by atoms with Crippen molar-refractivity contribution in [3.63, 3.8) is 0 Å². The van der Waals surface area contributed by atoms with E-state index in [-0.39, 0.29) is 0 Å². The molecule has 1 aliphatic heterocycles. The molecule has 0 aromatic carbocycles. The SMILES string of the molecule is Cc1nnc(C2CCN(C(=O)C3CC3)CC2)o1. The highest BCUT2D eigenvalue weighted by molar-refractivity contribution is 5.81. The molecule has 5 heteroatoms. The number of aromatic nitrogens is 2. The van der Waals surface area contributed by atoms with Crippen LogP contribution in [0.5, 0.6) is 0 Å². The Morgan fingerprint density at radius 2 is 1.94 bits per heavy atom. The second-order valence-corrected chi connectivity index (χ2v) is 5.03. The minimum Gasteiger partial charge on any atom is -0.425 e. The Bertz CT molecular complexity index is 417. The largest absolute Gasteiger partial charge is 0.425 e. The Labute approximate surface area is 100 Å². The minimum absolute atomic E-state index is 0.331. The molecule has 3 rings (SSSR count). The fraction of sp³-hybridized carbons (Fsp3) is 0.750. The van der Waals surface area contributed by atoms with Crippen molar-refractivity contribution in [2.24, 2.45) is 5.92 Å². The maximum atomic E-state index is 11.9. The van der Waals surface area contributed by atoms with Gasteiger partial charge in [-0.25, -0.2) is 0 Å². The minimum atomic E-state index is 0.331. The van der Waals surface area contributed by atoms with Gasteiger partial charge in [-0.2, -0.15) is 0 Å². The van der Waals surface area contributed by atoms with Crippen LogP contribution in [0.15, 0.2) is 4.42 Å². The number of piperidine rings is 1. The Hall–Kier alpha value is -1.39. The topological polar surface area (TPSA) is 59.2 Å². The van der Waals surface area contributed by atoms with Gasteiger partial charge in [-0.15, -0.1) is 10.2 Å². The van der Waals surface area contributed by atoms with Crippen LogP contribution in [-0.2, 0) is 4.79 Å². The standard InChI is InChI=1S/C12H17N3O2/c1-8-13-14-11(17-8)9-4-6-15(7-5-9)12(16)10-2-3-10/h9-10H,2-7H2,1H3. The maximum Gasteiger partial charge on any atom is 0.225 e. The molecule has 0 bridgehead atoms. The highest BCUT2D eigenvalue weighted by Crippen LogP contribution is 2.34. The van der Waals surface area contributed by atoms with Gasteiger partial charge < -0.3 is 9.32 Å². The number of rotatable bonds is 2. The van der Waals surface area contributed by atoms with Crippen LogP contribution < -0.4 is 0 Å². The second-order valence-electron chi connectivity index (χ2n) is 5.03. The normalized spacial score (nSPS) is 21.8. The first-order valence-electron chi connectivity index (χ1n) is 6.33. The third-order valence-corrected chi connectivity index (χ3v) is 3.62. The van der Waals surface area contributed by atoms with Crippen LogP contribution in [0.25, 0.3) is 0 Å². The molecular weight excluding hydrogens is 218 g/mol. The molecule has 0 unspecified atom stereocenters. The van der Waals surface area contributed by atoms with Gasteiger partial charge in [0.1, 0.15) is 0 Å². The van der Waals surface area contributed by atoms with E-state index in [1.54, 1.807) is 0 Å². The summed E-state index contributed by atoms with van der Waals surface area (Å²) in [6.45, 7) is 3.48. The Morgan fingerprint density at radius 1 is 1.24 bits per heavy atom. The first-order valence-corrected chi connectivity index (χ1v) is 6.33. The van der Waals surface area contributed by atoms with Crippen molar-refractivity contribution in [1.29, 1.82) is 0 Å². The van der Waals surface area contributed by atoms with E-state index in [9.17, 15) is 4.79 Å². The van der Waals surface area contributed by atoms with Gasteiger partial charge >= 0.3 is 0 Å². The molecule has 92 valence electrons. The van der Waals surface area contributed by atoms with Crippen LogP contribution in [0.2, 0.25) is 0 Å². The van der Waals surface area contributed by atoms with Crippen molar-refractivity contribution < 1.29 is 9.21 Å². The average molecular weight is 235 g/mol. The summed E-state index contributed by atoms with van der Waals surface area (Å²) in [6, 6.07) is 0. The van der Waals surface area contributed by atoms with E-state index in [1.807, 2.05) is 11.8 Å². The summed E-state index contributed by atoms with van der Waals surface area (Å²) in [5, 5.41) is 7.92. The maximum absolute atomic E-state index is 11.9. The first kappa shape index (κ1) is 10.7. The summed E-state index contributed by atoms with van der Waals surface area (Å²) in [4.78, 5) is 13.9. The molecule has 2 heterocycles. The number of carbonyl (C=O) groups excluding carboxylic acids is 1. The summed E-state index contributed by atoms with van der Waals surface area (Å²) in [5.41, 5.74) is 0. The molecule has 17 heavy (non-hydrogen) atoms. The fourth-order valence-corrected chi connectivity index (χ4v) is 2.41. The number of nitrogens with zero attached hydrogens (tertiary/aromatic N) is 3. The monoisotopic (exact) mass is 235 g/mol. The smallest absolute Gasteiger partial charge is 0.225 e. The molecule has 0 spiro atoms. The van der Waals surface area contributed by atoms with Gasteiger partial charge in [-0.05, 0) is 25.7 Å². The fourth-order valence-electron chi connectivity index (χ4n) is 2.41. The number of carbonyl (C=O) groups is 1. The molecule has 0 N–H and O–H groups in total. The lowest BCUT2D eigenvalue weighted by Gasteiger charge is -2.30. The first-order chi connectivity index (χ1) is 8.24. The zero-order chi connectivity index (χ0) is 11.8. The predicted octanol–water partition coefficient (Wildman–Crippen LogP) is 1.49. The van der Waals surface area contributed by atoms with E-state index in [0.29, 0.717) is 23.6 Å². The number of likely N-dealkylation sites (tertiary alicyclic amines) is 1. The molecule has 2 fully saturated rings. The van der Waals surface area contributed by atoms with E-state index in [2.05, 4.69) is 10.2 Å². The Kier molecular flexibility index (Phi) is 2.61. The van der Waals surface area contributed by atoms with Gasteiger partial charge in [0.15, 0.2) is 0 Å². The summed E-state index contributed by atoms with van der Waals surface area (Å²) in [7, 11) is 0. The van der Waals surface area contributed by atoms with E-state index < -0.39 is 0 Å². The van der Waals surface area contributed by atoms with Crippen LogP contribution in [0.4, 0.5) is 0 Å². The summed E-state index contributed by atoms with van der Waals surface area (Å²) >= 11 is 0. The second kappa shape index (κ2) is 4.13. The van der Waals surface area contributed by atoms with Crippen molar-refractivity contribution in [3.8, 4) is 0 Å². The molecule has 2 aliphatic rings. The quantitative estimate of drug-likeness (QED) is 0.779. The molecule has 1 aliphatic carbocycles. The van der Waals surface area contributed by atoms with Gasteiger partial charge in [0.25, 0.3) is 0 Å². The molecule has 1 aromatic heterocycles. The van der Waals surface area contributed by atoms with Gasteiger partial charge in [0.2, 0.25) is 17.7 Å². The van der Waals surface area contributed by atoms with Gasteiger partial charge in [0.05, 0.1) is 0 Å². The molecule has 0 radical (unpaired) electrons. The number of hydrogen-bond donors (Lipinski definition) is 0. The molecule has 1 saturated heterocycles. The van der Waals surface area contributed by atoms with Crippen molar-refractivity contribution in [2.75, 3.05) is 13.1 Å². The van der Waals surface area contributed by atoms with E-state index in [4.69, 9.17) is 4.42 Å². The van der Waals surface area contributed by atoms with Crippen molar-refractivity contribution in [2.45, 2.75) is 38.5 Å². The van der Waals surface area contributed by atoms with Gasteiger partial charge in [-0.3, -0.25) is 4.79 Å². The number of hydrogen-bond acceptors (Lipinski definition) is 4. The molecule has 1 saturated carbocycles. The van der Waals surface area contributed by atoms with Crippen LogP contribution >= 0.6 is 0 Å². The van der Waals surface area contributed by atoms with E-state index >= 15 is 0 Å². The van der Waals surface area contributed by atoms with Gasteiger partial charge in [0, 0.05) is 31.8 Å². The third kappa shape index (κ3) is 2.18. The summed E-state index contributed by atoms with van der Waals surface area (Å²) < 4.78 is 5.45. The van der Waals surface area contributed by atoms with E-state index in [0.717, 1.165) is 44.7 Å². The highest BCUT2D eigenvalue weighted by atomic mass is 16.4. The summed E-state index contributed by atoms with van der Waals surface area (Å²) in [6.07, 6.45) is 4.06. The number of aryl methyl sites for hydroxylation is 1. The van der Waals surface area contributed by atoms with E-state index in [1.165, 1.54) is 0 Å². The Balaban J connectivity index is 1.58. The molecule has 1 aromatic rings. The average Bonchev–Trinajstić information content (AvgIpc) is 3.11. The third-order valence-electron chi connectivity index (χ3n) is 3.62. The van der Waals surface area contributed by atoms with Crippen molar-refractivity contribution in [3.05, 3.63) is 11.8 Å². The lowest BCUT2D eigenvalue weighted by atomic mass is 9.96. The van der Waals surface area contributed by atoms with Crippen LogP contribution in [0, 0.1) is 12.8 Å². The van der Waals surface area contributed by atoms with Crippen LogP contribution in [0.3, 0.4) is 0 Å². The van der Waals surface area contributed by atoms with Crippen molar-refractivity contribution >= 4 is 5.91 Å². The summed E-state index contributed by atoms with van der Waals surface area (Å²) in [5.74, 6) is 2.37. The zero-order valence-electron chi connectivity index (χ0n) is 10.1. The highest BCUT2D eigenvalue weighted by Gasteiger charge is 2.35. The predicted molar refractivity (Wildman–Crippen MR) is 60.3 cm³/mol. The zero-order valence-corrected chi connectivity index (χ0v) is 10.1. The lowest BCUT2D eigenvalue weighted by molar-refractivity contribution is -0.133. The van der Waals surface area contributed by atoms with Crippen LogP contribution in [0.1, 0.15) is 43.4 Å². The lowest BCUT2D eigenvalue weighted by Crippen LogP contribution is -2.38. The molecular formula is C12H17N3O2. The number of amides is 1.